The van der Waals surface area contributed by atoms with Gasteiger partial charge in [0.05, 0.1) is 16.7 Å². The molecule has 0 unspecified atom stereocenters. The van der Waals surface area contributed by atoms with Gasteiger partial charge in [0.1, 0.15) is 0 Å². The molecular weight excluding hydrogens is 316 g/mol. The van der Waals surface area contributed by atoms with E-state index in [1.54, 1.807) is 0 Å². The molecule has 2 nitrogen and oxygen atoms in total. The Morgan fingerprint density at radius 3 is 2.42 bits per heavy atom. The second-order valence-electron chi connectivity index (χ2n) is 5.90. The van der Waals surface area contributed by atoms with Gasteiger partial charge in [0, 0.05) is 21.4 Å². The third-order valence-corrected chi connectivity index (χ3v) is 4.67. The Morgan fingerprint density at radius 2 is 1.54 bits per heavy atom. The highest BCUT2D eigenvalue weighted by atomic mass is 35.5. The topological polar surface area (TPSA) is 17.3 Å². The number of fused-ring (bicyclic) bond motifs is 5. The van der Waals surface area contributed by atoms with Gasteiger partial charge in [-0.15, -0.1) is 0 Å². The standard InChI is InChI=1S/C21H13ClN2/c22-16-11-10-15-12-20(14-6-2-1-3-7-14)24-21(18(15)13-16)17-8-4-5-9-19(17)23-24/h1-13H. The molecule has 0 bridgehead atoms. The maximum Gasteiger partial charge on any atom is 0.0934 e. The normalized spacial score (nSPS) is 11.5. The Morgan fingerprint density at radius 1 is 0.750 bits per heavy atom. The van der Waals surface area contributed by atoms with Crippen LogP contribution in [0.2, 0.25) is 5.02 Å². The number of nitrogens with zero attached hydrogens (tertiary/aromatic N) is 2. The van der Waals surface area contributed by atoms with Gasteiger partial charge in [-0.05, 0) is 29.7 Å². The molecule has 0 aliphatic carbocycles. The largest absolute Gasteiger partial charge is 0.231 e. The van der Waals surface area contributed by atoms with Crippen molar-refractivity contribution in [3.8, 4) is 11.3 Å². The zero-order chi connectivity index (χ0) is 16.1. The fraction of sp³-hybridized carbons (Fsp3) is 0. The number of hydrogen-bond acceptors (Lipinski definition) is 1. The Labute approximate surface area is 143 Å². The highest BCUT2D eigenvalue weighted by molar-refractivity contribution is 6.31. The van der Waals surface area contributed by atoms with Gasteiger partial charge in [0.25, 0.3) is 0 Å². The second-order valence-corrected chi connectivity index (χ2v) is 6.34. The van der Waals surface area contributed by atoms with Gasteiger partial charge < -0.3 is 0 Å². The van der Waals surface area contributed by atoms with Crippen LogP contribution in [0.4, 0.5) is 0 Å². The van der Waals surface area contributed by atoms with Crippen molar-refractivity contribution in [2.45, 2.75) is 0 Å². The molecule has 0 amide bonds. The summed E-state index contributed by atoms with van der Waals surface area (Å²) in [7, 11) is 0. The van der Waals surface area contributed by atoms with E-state index < -0.39 is 0 Å². The van der Waals surface area contributed by atoms with Gasteiger partial charge in [-0.1, -0.05) is 66.2 Å². The maximum absolute atomic E-state index is 6.26. The Hall–Kier alpha value is -2.84. The number of rotatable bonds is 1. The summed E-state index contributed by atoms with van der Waals surface area (Å²) in [5, 5.41) is 9.01. The summed E-state index contributed by atoms with van der Waals surface area (Å²) in [5.41, 5.74) is 4.32. The third kappa shape index (κ3) is 1.93. The summed E-state index contributed by atoms with van der Waals surface area (Å²) in [6, 6.07) is 26.8. The lowest BCUT2D eigenvalue weighted by atomic mass is 10.0. The lowest BCUT2D eigenvalue weighted by molar-refractivity contribution is 0.996. The molecule has 0 radical (unpaired) electrons. The molecule has 0 N–H and O–H groups in total. The molecule has 0 fully saturated rings. The van der Waals surface area contributed by atoms with E-state index in [1.807, 2.05) is 34.8 Å². The summed E-state index contributed by atoms with van der Waals surface area (Å²) in [4.78, 5) is 0. The first-order valence-electron chi connectivity index (χ1n) is 7.86. The molecular formula is C21H13ClN2. The van der Waals surface area contributed by atoms with Crippen molar-refractivity contribution in [3.05, 3.63) is 83.9 Å². The van der Waals surface area contributed by atoms with E-state index in [4.69, 9.17) is 16.7 Å². The van der Waals surface area contributed by atoms with E-state index in [-0.39, 0.29) is 0 Å². The molecule has 5 aromatic rings. The Bertz CT molecular complexity index is 1210. The van der Waals surface area contributed by atoms with Crippen molar-refractivity contribution in [1.82, 2.24) is 9.61 Å². The van der Waals surface area contributed by atoms with E-state index in [9.17, 15) is 0 Å². The molecule has 0 spiro atoms. The van der Waals surface area contributed by atoms with Crippen molar-refractivity contribution in [3.63, 3.8) is 0 Å². The molecule has 0 saturated heterocycles. The molecule has 3 aromatic carbocycles. The van der Waals surface area contributed by atoms with Crippen LogP contribution in [0.15, 0.2) is 78.9 Å². The van der Waals surface area contributed by atoms with Gasteiger partial charge in [0.2, 0.25) is 0 Å². The molecule has 5 rings (SSSR count). The summed E-state index contributed by atoms with van der Waals surface area (Å²) in [6.45, 7) is 0. The van der Waals surface area contributed by atoms with E-state index in [0.717, 1.165) is 43.5 Å². The van der Waals surface area contributed by atoms with Crippen LogP contribution in [0.5, 0.6) is 0 Å². The zero-order valence-corrected chi connectivity index (χ0v) is 13.5. The predicted molar refractivity (Wildman–Crippen MR) is 101 cm³/mol. The number of benzene rings is 3. The minimum atomic E-state index is 0.738. The number of pyridine rings is 1. The molecule has 0 aliphatic heterocycles. The highest BCUT2D eigenvalue weighted by Crippen LogP contribution is 2.33. The van der Waals surface area contributed by atoms with Crippen LogP contribution in [-0.2, 0) is 0 Å². The first-order chi connectivity index (χ1) is 11.8. The van der Waals surface area contributed by atoms with Gasteiger partial charge in [0.15, 0.2) is 0 Å². The summed E-state index contributed by atoms with van der Waals surface area (Å²) in [6.07, 6.45) is 0. The molecule has 0 aliphatic rings. The number of hydrogen-bond donors (Lipinski definition) is 0. The van der Waals surface area contributed by atoms with Crippen LogP contribution in [0, 0.1) is 0 Å². The van der Waals surface area contributed by atoms with E-state index in [2.05, 4.69) is 48.5 Å². The monoisotopic (exact) mass is 328 g/mol. The lowest BCUT2D eigenvalue weighted by Crippen LogP contribution is -1.95. The van der Waals surface area contributed by atoms with E-state index in [0.29, 0.717) is 0 Å². The molecule has 0 saturated carbocycles. The van der Waals surface area contributed by atoms with Gasteiger partial charge >= 0.3 is 0 Å². The van der Waals surface area contributed by atoms with Crippen LogP contribution < -0.4 is 0 Å². The summed E-state index contributed by atoms with van der Waals surface area (Å²) < 4.78 is 2.04. The SMILES string of the molecule is Clc1ccc2cc(-c3ccccc3)n3nc4ccccc4c3c2c1. The van der Waals surface area contributed by atoms with Gasteiger partial charge in [-0.2, -0.15) is 5.10 Å². The molecule has 2 aromatic heterocycles. The molecule has 114 valence electrons. The zero-order valence-electron chi connectivity index (χ0n) is 12.8. The number of halogens is 1. The average molecular weight is 329 g/mol. The van der Waals surface area contributed by atoms with Crippen LogP contribution in [0.1, 0.15) is 0 Å². The van der Waals surface area contributed by atoms with Gasteiger partial charge in [-0.25, -0.2) is 4.52 Å². The average Bonchev–Trinajstić information content (AvgIpc) is 3.02. The van der Waals surface area contributed by atoms with Crippen LogP contribution in [0.3, 0.4) is 0 Å². The van der Waals surface area contributed by atoms with Crippen molar-refractivity contribution in [2.75, 3.05) is 0 Å². The van der Waals surface area contributed by atoms with E-state index >= 15 is 0 Å². The Kier molecular flexibility index (Phi) is 2.88. The summed E-state index contributed by atoms with van der Waals surface area (Å²) >= 11 is 6.26. The smallest absolute Gasteiger partial charge is 0.0934 e. The fourth-order valence-electron chi connectivity index (χ4n) is 3.35. The molecule has 0 atom stereocenters. The first-order valence-corrected chi connectivity index (χ1v) is 8.24. The number of aromatic nitrogens is 2. The third-order valence-electron chi connectivity index (χ3n) is 4.44. The quantitative estimate of drug-likeness (QED) is 0.371. The molecule has 24 heavy (non-hydrogen) atoms. The minimum Gasteiger partial charge on any atom is -0.231 e. The second kappa shape index (κ2) is 5.08. The van der Waals surface area contributed by atoms with Crippen LogP contribution in [0.25, 0.3) is 38.4 Å². The predicted octanol–water partition coefficient (Wildman–Crippen LogP) is 5.96. The van der Waals surface area contributed by atoms with Crippen molar-refractivity contribution in [2.24, 2.45) is 0 Å². The first kappa shape index (κ1) is 13.6. The molecule has 2 heterocycles. The fourth-order valence-corrected chi connectivity index (χ4v) is 3.52. The summed E-state index contributed by atoms with van der Waals surface area (Å²) in [5.74, 6) is 0. The van der Waals surface area contributed by atoms with Crippen LogP contribution >= 0.6 is 11.6 Å². The maximum atomic E-state index is 6.26. The van der Waals surface area contributed by atoms with E-state index in [1.165, 1.54) is 0 Å². The van der Waals surface area contributed by atoms with Crippen molar-refractivity contribution < 1.29 is 0 Å². The highest BCUT2D eigenvalue weighted by Gasteiger charge is 2.13. The lowest BCUT2D eigenvalue weighted by Gasteiger charge is -2.09. The van der Waals surface area contributed by atoms with Crippen molar-refractivity contribution >= 4 is 38.8 Å². The van der Waals surface area contributed by atoms with Crippen LogP contribution in [-0.4, -0.2) is 9.61 Å². The minimum absolute atomic E-state index is 0.738. The van der Waals surface area contributed by atoms with Crippen molar-refractivity contribution in [1.29, 1.82) is 0 Å². The molecule has 3 heteroatoms. The Balaban J connectivity index is 2.05. The van der Waals surface area contributed by atoms with Gasteiger partial charge in [-0.3, -0.25) is 0 Å².